The Morgan fingerprint density at radius 1 is 0.722 bits per heavy atom. The van der Waals surface area contributed by atoms with Crippen molar-refractivity contribution in [1.29, 1.82) is 0 Å². The van der Waals surface area contributed by atoms with Crippen LogP contribution in [-0.4, -0.2) is 23.5 Å². The molecule has 0 bridgehead atoms. The van der Waals surface area contributed by atoms with Gasteiger partial charge in [0.05, 0.1) is 18.1 Å². The van der Waals surface area contributed by atoms with Crippen LogP contribution in [0.15, 0.2) is 102 Å². The number of carbonyl (C=O) groups excluding carboxylic acids is 2. The van der Waals surface area contributed by atoms with Crippen LogP contribution in [0.3, 0.4) is 0 Å². The van der Waals surface area contributed by atoms with Crippen LogP contribution < -0.4 is 20.8 Å². The molecule has 0 radical (unpaired) electrons. The Bertz CT molecular complexity index is 1580. The summed E-state index contributed by atoms with van der Waals surface area (Å²) in [6.45, 7) is 0.0288. The van der Waals surface area contributed by atoms with Gasteiger partial charge >= 0.3 is 0 Å². The normalized spacial score (nSPS) is 10.8. The Balaban J connectivity index is 1.32. The first-order chi connectivity index (χ1) is 17.5. The van der Waals surface area contributed by atoms with Gasteiger partial charge in [-0.25, -0.2) is 0 Å². The zero-order valence-corrected chi connectivity index (χ0v) is 19.5. The van der Waals surface area contributed by atoms with E-state index in [1.807, 2.05) is 41.0 Å². The average molecular weight is 478 g/mol. The second kappa shape index (κ2) is 9.76. The van der Waals surface area contributed by atoms with Gasteiger partial charge in [-0.15, -0.1) is 0 Å². The van der Waals surface area contributed by atoms with E-state index in [2.05, 4.69) is 10.6 Å². The van der Waals surface area contributed by atoms with Crippen molar-refractivity contribution in [3.63, 3.8) is 0 Å². The maximum atomic E-state index is 13.0. The summed E-state index contributed by atoms with van der Waals surface area (Å²) in [5, 5.41) is 6.84. The molecule has 0 saturated carbocycles. The molecule has 7 heteroatoms. The van der Waals surface area contributed by atoms with Crippen LogP contribution in [-0.2, 0) is 11.3 Å². The highest BCUT2D eigenvalue weighted by molar-refractivity contribution is 6.04. The number of benzene rings is 4. The standard InChI is InChI=1S/C29H23N3O4/c1-36-22-16-14-21(15-17-22)31-29(35)19-10-12-20(13-11-19)30-27(33)18-32-25-8-4-2-6-23(25)28(34)24-7-3-5-9-26(24)32/h2-17H,18H2,1H3,(H,30,33)(H,31,35). The molecule has 0 unspecified atom stereocenters. The van der Waals surface area contributed by atoms with E-state index in [1.165, 1.54) is 0 Å². The van der Waals surface area contributed by atoms with Gasteiger partial charge in [-0.3, -0.25) is 14.4 Å². The van der Waals surface area contributed by atoms with Crippen molar-refractivity contribution in [3.05, 3.63) is 113 Å². The highest BCUT2D eigenvalue weighted by Gasteiger charge is 2.13. The van der Waals surface area contributed by atoms with Crippen molar-refractivity contribution < 1.29 is 14.3 Å². The van der Waals surface area contributed by atoms with E-state index in [0.717, 1.165) is 0 Å². The third-order valence-corrected chi connectivity index (χ3v) is 5.96. The third-order valence-electron chi connectivity index (χ3n) is 5.96. The molecule has 0 saturated heterocycles. The molecule has 0 aliphatic rings. The van der Waals surface area contributed by atoms with E-state index in [1.54, 1.807) is 67.8 Å². The molecule has 2 N–H and O–H groups in total. The fourth-order valence-electron chi connectivity index (χ4n) is 4.17. The number of hydrogen-bond donors (Lipinski definition) is 2. The predicted octanol–water partition coefficient (Wildman–Crippen LogP) is 5.05. The SMILES string of the molecule is COc1ccc(NC(=O)c2ccc(NC(=O)Cn3c4ccccc4c(=O)c4ccccc43)cc2)cc1. The highest BCUT2D eigenvalue weighted by atomic mass is 16.5. The zero-order valence-electron chi connectivity index (χ0n) is 19.5. The number of ether oxygens (including phenoxy) is 1. The van der Waals surface area contributed by atoms with Gasteiger partial charge in [0.1, 0.15) is 12.3 Å². The number of amides is 2. The molecule has 0 aliphatic carbocycles. The maximum absolute atomic E-state index is 13.0. The van der Waals surface area contributed by atoms with Gasteiger partial charge < -0.3 is 19.9 Å². The molecule has 5 aromatic rings. The summed E-state index contributed by atoms with van der Waals surface area (Å²) < 4.78 is 6.97. The summed E-state index contributed by atoms with van der Waals surface area (Å²) >= 11 is 0. The zero-order chi connectivity index (χ0) is 25.1. The first-order valence-corrected chi connectivity index (χ1v) is 11.4. The van der Waals surface area contributed by atoms with E-state index in [9.17, 15) is 14.4 Å². The van der Waals surface area contributed by atoms with E-state index < -0.39 is 0 Å². The quantitative estimate of drug-likeness (QED) is 0.335. The van der Waals surface area contributed by atoms with Crippen molar-refractivity contribution in [1.82, 2.24) is 4.57 Å². The summed E-state index contributed by atoms with van der Waals surface area (Å²) in [5.41, 5.74) is 3.01. The average Bonchev–Trinajstić information content (AvgIpc) is 2.92. The lowest BCUT2D eigenvalue weighted by Gasteiger charge is -2.15. The molecule has 4 aromatic carbocycles. The molecule has 2 amide bonds. The Kier molecular flexibility index (Phi) is 6.19. The number of nitrogens with zero attached hydrogens (tertiary/aromatic N) is 1. The van der Waals surface area contributed by atoms with Crippen LogP contribution in [0.1, 0.15) is 10.4 Å². The van der Waals surface area contributed by atoms with Gasteiger partial charge in [0.15, 0.2) is 5.43 Å². The van der Waals surface area contributed by atoms with Gasteiger partial charge in [0, 0.05) is 27.7 Å². The highest BCUT2D eigenvalue weighted by Crippen LogP contribution is 2.20. The van der Waals surface area contributed by atoms with Crippen LogP contribution in [0.25, 0.3) is 21.8 Å². The third kappa shape index (κ3) is 4.54. The van der Waals surface area contributed by atoms with Gasteiger partial charge in [-0.1, -0.05) is 24.3 Å². The number of carbonyl (C=O) groups is 2. The summed E-state index contributed by atoms with van der Waals surface area (Å²) in [4.78, 5) is 38.4. The molecule has 0 aliphatic heterocycles. The Morgan fingerprint density at radius 3 is 1.83 bits per heavy atom. The van der Waals surface area contributed by atoms with Crippen LogP contribution >= 0.6 is 0 Å². The van der Waals surface area contributed by atoms with Gasteiger partial charge in [0.2, 0.25) is 5.91 Å². The molecular weight excluding hydrogens is 454 g/mol. The lowest BCUT2D eigenvalue weighted by molar-refractivity contribution is -0.116. The Morgan fingerprint density at radius 2 is 1.25 bits per heavy atom. The fourth-order valence-corrected chi connectivity index (χ4v) is 4.17. The van der Waals surface area contributed by atoms with Crippen LogP contribution in [0.4, 0.5) is 11.4 Å². The predicted molar refractivity (Wildman–Crippen MR) is 142 cm³/mol. The van der Waals surface area contributed by atoms with Gasteiger partial charge in [0.25, 0.3) is 5.91 Å². The van der Waals surface area contributed by atoms with Crippen molar-refractivity contribution in [2.45, 2.75) is 6.54 Å². The molecule has 0 atom stereocenters. The summed E-state index contributed by atoms with van der Waals surface area (Å²) in [5.74, 6) is 0.199. The second-order valence-electron chi connectivity index (χ2n) is 8.26. The van der Waals surface area contributed by atoms with Crippen LogP contribution in [0, 0.1) is 0 Å². The number of aromatic nitrogens is 1. The summed E-state index contributed by atoms with van der Waals surface area (Å²) in [6.07, 6.45) is 0. The number of anilines is 2. The summed E-state index contributed by atoms with van der Waals surface area (Å²) in [6, 6.07) is 28.3. The minimum Gasteiger partial charge on any atom is -0.497 e. The maximum Gasteiger partial charge on any atom is 0.255 e. The number of hydrogen-bond acceptors (Lipinski definition) is 4. The number of methoxy groups -OCH3 is 1. The number of fused-ring (bicyclic) bond motifs is 2. The topological polar surface area (TPSA) is 89.4 Å². The van der Waals surface area contributed by atoms with E-state index in [-0.39, 0.29) is 23.8 Å². The minimum atomic E-state index is -0.260. The van der Waals surface area contributed by atoms with Crippen LogP contribution in [0.2, 0.25) is 0 Å². The smallest absolute Gasteiger partial charge is 0.255 e. The van der Waals surface area contributed by atoms with E-state index >= 15 is 0 Å². The van der Waals surface area contributed by atoms with Crippen LogP contribution in [0.5, 0.6) is 5.75 Å². The van der Waals surface area contributed by atoms with Crippen molar-refractivity contribution >= 4 is 45.0 Å². The number of para-hydroxylation sites is 2. The molecule has 7 nitrogen and oxygen atoms in total. The Hall–Kier alpha value is -4.91. The number of rotatable bonds is 6. The fraction of sp³-hybridized carbons (Fsp3) is 0.0690. The molecule has 0 spiro atoms. The molecule has 5 rings (SSSR count). The number of nitrogens with one attached hydrogen (secondary N) is 2. The monoisotopic (exact) mass is 477 g/mol. The molecular formula is C29H23N3O4. The molecule has 0 fully saturated rings. The largest absolute Gasteiger partial charge is 0.497 e. The van der Waals surface area contributed by atoms with Crippen molar-refractivity contribution in [2.24, 2.45) is 0 Å². The minimum absolute atomic E-state index is 0.0288. The lowest BCUT2D eigenvalue weighted by Crippen LogP contribution is -2.21. The molecule has 36 heavy (non-hydrogen) atoms. The number of pyridine rings is 1. The first kappa shape index (κ1) is 22.9. The lowest BCUT2D eigenvalue weighted by atomic mass is 10.1. The first-order valence-electron chi connectivity index (χ1n) is 11.4. The van der Waals surface area contributed by atoms with E-state index in [4.69, 9.17) is 4.74 Å². The summed E-state index contributed by atoms with van der Waals surface area (Å²) in [7, 11) is 1.58. The van der Waals surface area contributed by atoms with Crippen molar-refractivity contribution in [2.75, 3.05) is 17.7 Å². The molecule has 1 heterocycles. The van der Waals surface area contributed by atoms with Gasteiger partial charge in [-0.2, -0.15) is 0 Å². The Labute approximate surface area is 206 Å². The van der Waals surface area contributed by atoms with Gasteiger partial charge in [-0.05, 0) is 72.8 Å². The molecule has 178 valence electrons. The molecule has 1 aromatic heterocycles. The van der Waals surface area contributed by atoms with E-state index in [0.29, 0.717) is 44.5 Å². The van der Waals surface area contributed by atoms with Crippen molar-refractivity contribution in [3.8, 4) is 5.75 Å². The second-order valence-corrected chi connectivity index (χ2v) is 8.26.